The number of nitrogens with one attached hydrogen (secondary N) is 2. The smallest absolute Gasteiger partial charge is 0.257 e. The minimum absolute atomic E-state index is 0.174. The highest BCUT2D eigenvalue weighted by atomic mass is 32.1. The number of hydrogen-bond donors (Lipinski definition) is 2. The van der Waals surface area contributed by atoms with Crippen LogP contribution >= 0.6 is 12.2 Å². The molecule has 33 heavy (non-hydrogen) atoms. The number of ether oxygens (including phenoxy) is 3. The summed E-state index contributed by atoms with van der Waals surface area (Å²) in [5.41, 5.74) is 1.80. The van der Waals surface area contributed by atoms with E-state index in [1.54, 1.807) is 62.8 Å². The Morgan fingerprint density at radius 1 is 0.939 bits per heavy atom. The second-order valence-corrected chi connectivity index (χ2v) is 7.08. The van der Waals surface area contributed by atoms with Crippen molar-refractivity contribution < 1.29 is 19.0 Å². The van der Waals surface area contributed by atoms with E-state index in [1.807, 2.05) is 0 Å². The lowest BCUT2D eigenvalue weighted by atomic mass is 10.2. The maximum absolute atomic E-state index is 12.2. The first kappa shape index (κ1) is 21.9. The molecule has 0 aliphatic rings. The third kappa shape index (κ3) is 5.13. The van der Waals surface area contributed by atoms with Crippen molar-refractivity contribution in [1.82, 2.24) is 20.3 Å². The van der Waals surface area contributed by atoms with Crippen LogP contribution in [0.3, 0.4) is 0 Å². The maximum atomic E-state index is 12.2. The first-order chi connectivity index (χ1) is 16.1. The summed E-state index contributed by atoms with van der Waals surface area (Å²) in [5, 5.41) is 6.44. The number of thiocarbonyl (C=S) groups is 1. The van der Waals surface area contributed by atoms with Gasteiger partial charge in [0.1, 0.15) is 12.1 Å². The fourth-order valence-corrected chi connectivity index (χ4v) is 3.21. The SMILES string of the molecule is COc1cc2ncnc(Oc3ccc(NC(=S)NC(=O)c4ccncc4)cc3)c2cc1OC. The largest absolute Gasteiger partial charge is 0.493 e. The summed E-state index contributed by atoms with van der Waals surface area (Å²) >= 11 is 5.22. The number of amides is 1. The molecule has 166 valence electrons. The number of fused-ring (bicyclic) bond motifs is 1. The number of pyridine rings is 1. The third-order valence-corrected chi connectivity index (χ3v) is 4.80. The van der Waals surface area contributed by atoms with Gasteiger partial charge >= 0.3 is 0 Å². The second kappa shape index (κ2) is 9.88. The summed E-state index contributed by atoms with van der Waals surface area (Å²) in [7, 11) is 3.12. The molecule has 0 aliphatic heterocycles. The quantitative estimate of drug-likeness (QED) is 0.413. The fraction of sp³-hybridized carbons (Fsp3) is 0.0870. The third-order valence-electron chi connectivity index (χ3n) is 4.60. The molecule has 2 aromatic carbocycles. The Labute approximate surface area is 194 Å². The minimum atomic E-state index is -0.322. The summed E-state index contributed by atoms with van der Waals surface area (Å²) < 4.78 is 16.7. The summed E-state index contributed by atoms with van der Waals surface area (Å²) in [5.74, 6) is 1.73. The van der Waals surface area contributed by atoms with Crippen LogP contribution in [-0.2, 0) is 0 Å². The Bertz CT molecular complexity index is 1300. The molecule has 0 bridgehead atoms. The van der Waals surface area contributed by atoms with Crippen LogP contribution in [0.15, 0.2) is 67.3 Å². The van der Waals surface area contributed by atoms with Gasteiger partial charge in [0, 0.05) is 29.7 Å². The van der Waals surface area contributed by atoms with Crippen LogP contribution in [0.1, 0.15) is 10.4 Å². The van der Waals surface area contributed by atoms with E-state index in [-0.39, 0.29) is 11.0 Å². The van der Waals surface area contributed by atoms with Gasteiger partial charge in [-0.3, -0.25) is 15.1 Å². The highest BCUT2D eigenvalue weighted by molar-refractivity contribution is 7.80. The normalized spacial score (nSPS) is 10.4. The molecule has 0 radical (unpaired) electrons. The maximum Gasteiger partial charge on any atom is 0.257 e. The Morgan fingerprint density at radius 2 is 1.64 bits per heavy atom. The van der Waals surface area contributed by atoms with Crippen LogP contribution in [0.25, 0.3) is 10.9 Å². The van der Waals surface area contributed by atoms with E-state index in [0.29, 0.717) is 45.3 Å². The van der Waals surface area contributed by atoms with Gasteiger partial charge in [0.2, 0.25) is 5.88 Å². The summed E-state index contributed by atoms with van der Waals surface area (Å²) in [4.78, 5) is 24.6. The Hall–Kier alpha value is -4.31. The van der Waals surface area contributed by atoms with Crippen LogP contribution in [0, 0.1) is 0 Å². The molecule has 2 aromatic heterocycles. The number of aromatic nitrogens is 3. The summed E-state index contributed by atoms with van der Waals surface area (Å²) in [6.45, 7) is 0. The zero-order valence-electron chi connectivity index (χ0n) is 17.7. The Balaban J connectivity index is 1.45. The van der Waals surface area contributed by atoms with Crippen LogP contribution < -0.4 is 24.8 Å². The lowest BCUT2D eigenvalue weighted by Gasteiger charge is -2.12. The number of anilines is 1. The standard InChI is InChI=1S/C23H19N5O4S/c1-30-19-11-17-18(12-20(19)31-2)25-13-26-22(17)32-16-5-3-15(4-6-16)27-23(33)28-21(29)14-7-9-24-10-8-14/h3-13H,1-2H3,(H2,27,28,29,33). The minimum Gasteiger partial charge on any atom is -0.493 e. The van der Waals surface area contributed by atoms with Crippen molar-refractivity contribution in [2.45, 2.75) is 0 Å². The molecule has 9 nitrogen and oxygen atoms in total. The van der Waals surface area contributed by atoms with Gasteiger partial charge in [-0.2, -0.15) is 0 Å². The van der Waals surface area contributed by atoms with Crippen molar-refractivity contribution in [2.24, 2.45) is 0 Å². The molecule has 0 aliphatic carbocycles. The predicted molar refractivity (Wildman–Crippen MR) is 127 cm³/mol. The predicted octanol–water partition coefficient (Wildman–Crippen LogP) is 3.96. The van der Waals surface area contributed by atoms with E-state index in [1.165, 1.54) is 18.7 Å². The van der Waals surface area contributed by atoms with Gasteiger partial charge in [0.15, 0.2) is 16.6 Å². The molecule has 0 saturated carbocycles. The number of nitrogens with zero attached hydrogens (tertiary/aromatic N) is 3. The molecule has 0 atom stereocenters. The fourth-order valence-electron chi connectivity index (χ4n) is 3.00. The number of rotatable bonds is 6. The van der Waals surface area contributed by atoms with Gasteiger partial charge in [-0.25, -0.2) is 9.97 Å². The summed E-state index contributed by atoms with van der Waals surface area (Å²) in [6.07, 6.45) is 4.50. The number of carbonyl (C=O) groups is 1. The van der Waals surface area contributed by atoms with Crippen molar-refractivity contribution in [3.8, 4) is 23.1 Å². The Kier molecular flexibility index (Phi) is 6.56. The first-order valence-electron chi connectivity index (χ1n) is 9.74. The monoisotopic (exact) mass is 461 g/mol. The molecule has 4 aromatic rings. The second-order valence-electron chi connectivity index (χ2n) is 6.67. The molecular weight excluding hydrogens is 442 g/mol. The van der Waals surface area contributed by atoms with Crippen molar-refractivity contribution in [3.63, 3.8) is 0 Å². The molecule has 10 heteroatoms. The lowest BCUT2D eigenvalue weighted by molar-refractivity contribution is 0.0977. The van der Waals surface area contributed by atoms with Crippen LogP contribution in [-0.4, -0.2) is 40.2 Å². The number of benzene rings is 2. The van der Waals surface area contributed by atoms with Gasteiger partial charge in [-0.05, 0) is 54.7 Å². The topological polar surface area (TPSA) is 107 Å². The van der Waals surface area contributed by atoms with E-state index < -0.39 is 0 Å². The number of hydrogen-bond acceptors (Lipinski definition) is 8. The van der Waals surface area contributed by atoms with E-state index in [2.05, 4.69) is 25.6 Å². The van der Waals surface area contributed by atoms with E-state index in [4.69, 9.17) is 26.4 Å². The molecule has 2 heterocycles. The zero-order valence-corrected chi connectivity index (χ0v) is 18.6. The van der Waals surface area contributed by atoms with Crippen LogP contribution in [0.2, 0.25) is 0 Å². The Morgan fingerprint density at radius 3 is 2.33 bits per heavy atom. The molecule has 0 unspecified atom stereocenters. The van der Waals surface area contributed by atoms with Crippen molar-refractivity contribution in [1.29, 1.82) is 0 Å². The van der Waals surface area contributed by atoms with Gasteiger partial charge in [0.05, 0.1) is 25.1 Å². The molecule has 2 N–H and O–H groups in total. The average molecular weight is 462 g/mol. The van der Waals surface area contributed by atoms with Gasteiger partial charge in [-0.1, -0.05) is 0 Å². The average Bonchev–Trinajstić information content (AvgIpc) is 2.85. The molecular formula is C23H19N5O4S. The van der Waals surface area contributed by atoms with E-state index >= 15 is 0 Å². The highest BCUT2D eigenvalue weighted by Crippen LogP contribution is 2.35. The van der Waals surface area contributed by atoms with Gasteiger partial charge < -0.3 is 19.5 Å². The molecule has 4 rings (SSSR count). The molecule has 0 saturated heterocycles. The zero-order chi connectivity index (χ0) is 23.2. The molecule has 1 amide bonds. The molecule has 0 fully saturated rings. The van der Waals surface area contributed by atoms with Gasteiger partial charge in [0.25, 0.3) is 5.91 Å². The number of carbonyl (C=O) groups excluding carboxylic acids is 1. The summed E-state index contributed by atoms with van der Waals surface area (Å²) in [6, 6.07) is 13.8. The van der Waals surface area contributed by atoms with Crippen molar-refractivity contribution in [3.05, 3.63) is 72.8 Å². The number of methoxy groups -OCH3 is 2. The van der Waals surface area contributed by atoms with Crippen LogP contribution in [0.4, 0.5) is 5.69 Å². The van der Waals surface area contributed by atoms with Crippen LogP contribution in [0.5, 0.6) is 23.1 Å². The van der Waals surface area contributed by atoms with Crippen molar-refractivity contribution in [2.75, 3.05) is 19.5 Å². The first-order valence-corrected chi connectivity index (χ1v) is 10.1. The highest BCUT2D eigenvalue weighted by Gasteiger charge is 2.13. The molecule has 0 spiro atoms. The van der Waals surface area contributed by atoms with Crippen molar-refractivity contribution >= 4 is 39.8 Å². The van der Waals surface area contributed by atoms with Gasteiger partial charge in [-0.15, -0.1) is 0 Å². The van der Waals surface area contributed by atoms with E-state index in [9.17, 15) is 4.79 Å². The van der Waals surface area contributed by atoms with E-state index in [0.717, 1.165) is 0 Å². The lowest BCUT2D eigenvalue weighted by Crippen LogP contribution is -2.34.